The smallest absolute Gasteiger partial charge is 0.298 e. The quantitative estimate of drug-likeness (QED) is 0.626. The van der Waals surface area contributed by atoms with Crippen molar-refractivity contribution in [3.05, 3.63) is 79.0 Å². The molecule has 1 atom stereocenters. The molecule has 3 aromatic heterocycles. The molecule has 5 heterocycles. The molecule has 5 rings (SSSR count). The van der Waals surface area contributed by atoms with Crippen LogP contribution in [0, 0.1) is 0 Å². The summed E-state index contributed by atoms with van der Waals surface area (Å²) >= 11 is 1.71. The first-order chi connectivity index (χ1) is 13.6. The zero-order valence-corrected chi connectivity index (χ0v) is 16.3. The van der Waals surface area contributed by atoms with Gasteiger partial charge in [-0.2, -0.15) is 16.4 Å². The highest BCUT2D eigenvalue weighted by Crippen LogP contribution is 2.40. The number of thiophene rings is 1. The number of aromatic nitrogens is 4. The maximum atomic E-state index is 12.7. The van der Waals surface area contributed by atoms with Crippen LogP contribution in [0.15, 0.2) is 50.8 Å². The number of fused-ring (bicyclic) bond motifs is 2. The number of nitrogens with zero attached hydrogens (tertiary/aromatic N) is 5. The summed E-state index contributed by atoms with van der Waals surface area (Å²) in [6.07, 6.45) is 3.51. The Morgan fingerprint density at radius 1 is 1.07 bits per heavy atom. The molecule has 28 heavy (non-hydrogen) atoms. The lowest BCUT2D eigenvalue weighted by Gasteiger charge is -2.23. The van der Waals surface area contributed by atoms with Gasteiger partial charge in [0.2, 0.25) is 0 Å². The Labute approximate surface area is 165 Å². The lowest BCUT2D eigenvalue weighted by Crippen LogP contribution is -2.45. The lowest BCUT2D eigenvalue weighted by atomic mass is 9.85. The average Bonchev–Trinajstić information content (AvgIpc) is 3.44. The molecule has 2 aliphatic heterocycles. The lowest BCUT2D eigenvalue weighted by molar-refractivity contribution is 0.298. The number of hydrogen-bond donors (Lipinski definition) is 0. The van der Waals surface area contributed by atoms with E-state index in [1.165, 1.54) is 10.2 Å². The maximum Gasteiger partial charge on any atom is 0.332 e. The van der Waals surface area contributed by atoms with Crippen molar-refractivity contribution >= 4 is 11.3 Å². The van der Waals surface area contributed by atoms with Gasteiger partial charge < -0.3 is 0 Å². The summed E-state index contributed by atoms with van der Waals surface area (Å²) < 4.78 is 2.90. The van der Waals surface area contributed by atoms with Gasteiger partial charge in [0.1, 0.15) is 5.82 Å². The SMILES string of the molecule is O=c1c(=O)n2c(nn1Cc1ccccn1)[C@]1(CCN(Cc3ccsc3)C1)CC2. The predicted octanol–water partition coefficient (Wildman–Crippen LogP) is 1.46. The molecular formula is C20H21N5O2S. The summed E-state index contributed by atoms with van der Waals surface area (Å²) in [5, 5.41) is 8.96. The largest absolute Gasteiger partial charge is 0.332 e. The van der Waals surface area contributed by atoms with Crippen LogP contribution in [0.3, 0.4) is 0 Å². The maximum absolute atomic E-state index is 12.7. The highest BCUT2D eigenvalue weighted by molar-refractivity contribution is 7.07. The van der Waals surface area contributed by atoms with Gasteiger partial charge in [0, 0.05) is 31.2 Å². The molecule has 8 heteroatoms. The molecule has 0 radical (unpaired) electrons. The number of hydrogen-bond acceptors (Lipinski definition) is 6. The van der Waals surface area contributed by atoms with Gasteiger partial charge >= 0.3 is 11.1 Å². The Morgan fingerprint density at radius 2 is 1.96 bits per heavy atom. The van der Waals surface area contributed by atoms with Crippen molar-refractivity contribution in [2.45, 2.75) is 37.9 Å². The third-order valence-corrected chi connectivity index (χ3v) is 6.61. The third kappa shape index (κ3) is 2.93. The van der Waals surface area contributed by atoms with Gasteiger partial charge in [0.05, 0.1) is 12.2 Å². The van der Waals surface area contributed by atoms with E-state index in [4.69, 9.17) is 0 Å². The molecule has 1 spiro atoms. The first-order valence-electron chi connectivity index (χ1n) is 9.50. The van der Waals surface area contributed by atoms with Gasteiger partial charge in [-0.05, 0) is 53.9 Å². The first-order valence-corrected chi connectivity index (χ1v) is 10.4. The monoisotopic (exact) mass is 395 g/mol. The fourth-order valence-electron chi connectivity index (χ4n) is 4.45. The van der Waals surface area contributed by atoms with Crippen molar-refractivity contribution in [2.75, 3.05) is 13.1 Å². The molecule has 0 N–H and O–H groups in total. The second-order valence-corrected chi connectivity index (χ2v) is 8.47. The number of rotatable bonds is 4. The van der Waals surface area contributed by atoms with Gasteiger partial charge in [0.15, 0.2) is 0 Å². The van der Waals surface area contributed by atoms with Crippen LogP contribution in [0.4, 0.5) is 0 Å². The van der Waals surface area contributed by atoms with Crippen LogP contribution < -0.4 is 11.1 Å². The minimum atomic E-state index is -0.570. The van der Waals surface area contributed by atoms with Crippen LogP contribution in [0.2, 0.25) is 0 Å². The Bertz CT molecular complexity index is 1110. The van der Waals surface area contributed by atoms with Gasteiger partial charge in [-0.25, -0.2) is 4.68 Å². The van der Waals surface area contributed by atoms with E-state index >= 15 is 0 Å². The number of likely N-dealkylation sites (tertiary alicyclic amines) is 1. The van der Waals surface area contributed by atoms with Gasteiger partial charge in [-0.3, -0.25) is 24.0 Å². The third-order valence-electron chi connectivity index (χ3n) is 5.88. The molecule has 0 amide bonds. The second-order valence-electron chi connectivity index (χ2n) is 7.69. The highest BCUT2D eigenvalue weighted by Gasteiger charge is 2.47. The molecule has 0 aromatic carbocycles. The molecule has 1 fully saturated rings. The summed E-state index contributed by atoms with van der Waals surface area (Å²) in [6, 6.07) is 7.69. The summed E-state index contributed by atoms with van der Waals surface area (Å²) in [6.45, 7) is 3.57. The topological polar surface area (TPSA) is 73.0 Å². The van der Waals surface area contributed by atoms with E-state index in [-0.39, 0.29) is 12.0 Å². The van der Waals surface area contributed by atoms with Crippen molar-refractivity contribution in [1.82, 2.24) is 24.2 Å². The predicted molar refractivity (Wildman–Crippen MR) is 107 cm³/mol. The van der Waals surface area contributed by atoms with Gasteiger partial charge in [-0.1, -0.05) is 6.07 Å². The molecule has 0 saturated carbocycles. The molecule has 144 valence electrons. The van der Waals surface area contributed by atoms with E-state index in [9.17, 15) is 9.59 Å². The van der Waals surface area contributed by atoms with E-state index in [0.717, 1.165) is 44.0 Å². The second kappa shape index (κ2) is 6.79. The van der Waals surface area contributed by atoms with E-state index < -0.39 is 11.1 Å². The van der Waals surface area contributed by atoms with E-state index in [2.05, 4.69) is 31.8 Å². The summed E-state index contributed by atoms with van der Waals surface area (Å²) in [4.78, 5) is 31.9. The standard InChI is InChI=1S/C20H21N5O2S/c26-17-18(27)25(12-16-3-1-2-7-21-16)22-19-20(6-9-24(17)19)5-8-23(14-20)11-15-4-10-28-13-15/h1-4,7,10,13H,5-6,8-9,11-12,14H2/t20-/m1/s1. The van der Waals surface area contributed by atoms with Crippen LogP contribution in [-0.4, -0.2) is 37.3 Å². The number of pyridine rings is 1. The minimum absolute atomic E-state index is 0.144. The van der Waals surface area contributed by atoms with Crippen molar-refractivity contribution in [1.29, 1.82) is 0 Å². The molecular weight excluding hydrogens is 374 g/mol. The average molecular weight is 395 g/mol. The van der Waals surface area contributed by atoms with Crippen molar-refractivity contribution in [3.63, 3.8) is 0 Å². The zero-order valence-electron chi connectivity index (χ0n) is 15.5. The molecule has 0 aliphatic carbocycles. The van der Waals surface area contributed by atoms with Crippen molar-refractivity contribution in [2.24, 2.45) is 0 Å². The van der Waals surface area contributed by atoms with Crippen LogP contribution >= 0.6 is 11.3 Å². The minimum Gasteiger partial charge on any atom is -0.298 e. The Morgan fingerprint density at radius 3 is 2.75 bits per heavy atom. The molecule has 2 aliphatic rings. The Balaban J connectivity index is 1.48. The van der Waals surface area contributed by atoms with Crippen LogP contribution in [0.5, 0.6) is 0 Å². The van der Waals surface area contributed by atoms with Crippen LogP contribution in [0.25, 0.3) is 0 Å². The summed E-state index contributed by atoms with van der Waals surface area (Å²) in [5.41, 5.74) is 0.868. The molecule has 0 bridgehead atoms. The first kappa shape index (κ1) is 17.5. The summed E-state index contributed by atoms with van der Waals surface area (Å²) in [5.74, 6) is 0.765. The normalized spacial score (nSPS) is 21.4. The van der Waals surface area contributed by atoms with Crippen LogP contribution in [0.1, 0.15) is 29.9 Å². The molecule has 3 aromatic rings. The van der Waals surface area contributed by atoms with Crippen LogP contribution in [-0.2, 0) is 25.0 Å². The van der Waals surface area contributed by atoms with E-state index in [1.807, 2.05) is 18.2 Å². The molecule has 1 saturated heterocycles. The fraction of sp³-hybridized carbons (Fsp3) is 0.400. The van der Waals surface area contributed by atoms with E-state index in [0.29, 0.717) is 6.54 Å². The van der Waals surface area contributed by atoms with Gasteiger partial charge in [0.25, 0.3) is 0 Å². The fourth-order valence-corrected chi connectivity index (χ4v) is 5.11. The van der Waals surface area contributed by atoms with Crippen molar-refractivity contribution in [3.8, 4) is 0 Å². The molecule has 0 unspecified atom stereocenters. The Kier molecular flexibility index (Phi) is 4.25. The summed E-state index contributed by atoms with van der Waals surface area (Å²) in [7, 11) is 0. The van der Waals surface area contributed by atoms with Crippen molar-refractivity contribution < 1.29 is 0 Å². The molecule has 7 nitrogen and oxygen atoms in total. The zero-order chi connectivity index (χ0) is 19.1. The van der Waals surface area contributed by atoms with E-state index in [1.54, 1.807) is 22.1 Å². The van der Waals surface area contributed by atoms with Gasteiger partial charge in [-0.15, -0.1) is 0 Å². The highest BCUT2D eigenvalue weighted by atomic mass is 32.1. The Hall–Kier alpha value is -2.58.